The molecule has 0 spiro atoms. The Morgan fingerprint density at radius 3 is 1.64 bits per heavy atom. The molecule has 0 aromatic carbocycles. The molecule has 0 aliphatic rings. The molecule has 0 rings (SSSR count). The van der Waals surface area contributed by atoms with Crippen molar-refractivity contribution in [3.8, 4) is 0 Å². The first kappa shape index (κ1) is 11.3. The van der Waals surface area contributed by atoms with Crippen LogP contribution in [0.5, 0.6) is 0 Å². The van der Waals surface area contributed by atoms with Crippen molar-refractivity contribution in [3.05, 3.63) is 0 Å². The first-order chi connectivity index (χ1) is 4.95. The van der Waals surface area contributed by atoms with Gasteiger partial charge in [0.25, 0.3) is 0 Å². The molecule has 0 amide bonds. The van der Waals surface area contributed by atoms with Gasteiger partial charge >= 0.3 is 0 Å². The molecular formula is C7H18NO2P. The normalized spacial score (nSPS) is 15.0. The van der Waals surface area contributed by atoms with E-state index in [1.807, 2.05) is 0 Å². The molecule has 68 valence electrons. The molecule has 3 nitrogen and oxygen atoms in total. The Labute approximate surface area is 69.9 Å². The molecule has 0 aromatic rings. The van der Waals surface area contributed by atoms with Crippen LogP contribution in [0.4, 0.5) is 0 Å². The van der Waals surface area contributed by atoms with Gasteiger partial charge in [0.05, 0.1) is 6.10 Å². The number of hydrogen-bond donors (Lipinski definition) is 2. The summed E-state index contributed by atoms with van der Waals surface area (Å²) in [4.78, 5) is 8.84. The maximum absolute atomic E-state index is 8.84. The Morgan fingerprint density at radius 1 is 1.18 bits per heavy atom. The second-order valence-electron chi connectivity index (χ2n) is 3.36. The van der Waals surface area contributed by atoms with Gasteiger partial charge < -0.3 is 9.42 Å². The lowest BCUT2D eigenvalue weighted by molar-refractivity contribution is 0.107. The van der Waals surface area contributed by atoms with E-state index in [1.54, 1.807) is 0 Å². The Kier molecular flexibility index (Phi) is 5.19. The van der Waals surface area contributed by atoms with Crippen LogP contribution in [-0.2, 0) is 4.52 Å². The summed E-state index contributed by atoms with van der Waals surface area (Å²) in [6.07, 6.45) is 0.0658. The highest BCUT2D eigenvalue weighted by atomic mass is 31.2. The molecule has 0 aliphatic carbocycles. The zero-order valence-electron chi connectivity index (χ0n) is 7.61. The minimum absolute atomic E-state index is 0.0658. The van der Waals surface area contributed by atoms with E-state index in [4.69, 9.17) is 14.9 Å². The highest BCUT2D eigenvalue weighted by molar-refractivity contribution is 7.43. The van der Waals surface area contributed by atoms with E-state index < -0.39 is 8.53 Å². The monoisotopic (exact) mass is 179 g/mol. The lowest BCUT2D eigenvalue weighted by Crippen LogP contribution is -2.24. The molecule has 0 radical (unpaired) electrons. The quantitative estimate of drug-likeness (QED) is 0.647. The Balaban J connectivity index is 3.90. The van der Waals surface area contributed by atoms with Crippen LogP contribution in [0.15, 0.2) is 0 Å². The zero-order valence-corrected chi connectivity index (χ0v) is 8.51. The van der Waals surface area contributed by atoms with Crippen LogP contribution in [0, 0.1) is 11.8 Å². The largest absolute Gasteiger partial charge is 0.338 e. The van der Waals surface area contributed by atoms with Gasteiger partial charge in [-0.05, 0) is 11.8 Å². The van der Waals surface area contributed by atoms with Gasteiger partial charge in [-0.2, -0.15) is 0 Å². The summed E-state index contributed by atoms with van der Waals surface area (Å²) in [6.45, 7) is 8.24. The lowest BCUT2D eigenvalue weighted by atomic mass is 9.97. The van der Waals surface area contributed by atoms with Gasteiger partial charge in [0.1, 0.15) is 0 Å². The predicted octanol–water partition coefficient (Wildman–Crippen LogP) is 1.86. The first-order valence-corrected chi connectivity index (χ1v) is 5.13. The molecule has 0 bridgehead atoms. The second kappa shape index (κ2) is 5.04. The summed E-state index contributed by atoms with van der Waals surface area (Å²) < 4.78 is 5.17. The summed E-state index contributed by atoms with van der Waals surface area (Å²) in [5, 5.41) is 0. The molecule has 0 aromatic heterocycles. The molecule has 11 heavy (non-hydrogen) atoms. The fourth-order valence-electron chi connectivity index (χ4n) is 1.14. The average Bonchev–Trinajstić information content (AvgIpc) is 1.81. The van der Waals surface area contributed by atoms with Crippen LogP contribution >= 0.6 is 8.53 Å². The smallest absolute Gasteiger partial charge is 0.250 e. The molecule has 0 fully saturated rings. The lowest BCUT2D eigenvalue weighted by Gasteiger charge is -2.25. The van der Waals surface area contributed by atoms with E-state index in [0.717, 1.165) is 0 Å². The van der Waals surface area contributed by atoms with Crippen molar-refractivity contribution in [2.45, 2.75) is 33.8 Å². The van der Waals surface area contributed by atoms with Crippen LogP contribution in [0.3, 0.4) is 0 Å². The Bertz CT molecular complexity index is 98.6. The molecule has 1 unspecified atom stereocenters. The second-order valence-corrected chi connectivity index (χ2v) is 4.18. The standard InChI is InChI=1S/C7H18NO2P/c1-5(2)7(6(3)4)10-11(8)9/h5-7,9H,8H2,1-4H3. The molecule has 0 saturated heterocycles. The first-order valence-electron chi connectivity index (χ1n) is 3.85. The van der Waals surface area contributed by atoms with E-state index in [-0.39, 0.29) is 6.10 Å². The third kappa shape index (κ3) is 4.70. The summed E-state index contributed by atoms with van der Waals surface area (Å²) in [5.41, 5.74) is 5.17. The van der Waals surface area contributed by atoms with Crippen molar-refractivity contribution < 1.29 is 9.42 Å². The predicted molar refractivity (Wildman–Crippen MR) is 47.9 cm³/mol. The maximum atomic E-state index is 8.84. The molecule has 0 saturated carbocycles. The highest BCUT2D eigenvalue weighted by Crippen LogP contribution is 2.29. The van der Waals surface area contributed by atoms with Crippen molar-refractivity contribution in [3.63, 3.8) is 0 Å². The van der Waals surface area contributed by atoms with Gasteiger partial charge in [0, 0.05) is 0 Å². The van der Waals surface area contributed by atoms with Gasteiger partial charge in [-0.15, -0.1) is 0 Å². The van der Waals surface area contributed by atoms with Crippen molar-refractivity contribution in [2.75, 3.05) is 0 Å². The Hall–Kier alpha value is 0.310. The van der Waals surface area contributed by atoms with Crippen LogP contribution in [-0.4, -0.2) is 11.0 Å². The molecular weight excluding hydrogens is 161 g/mol. The SMILES string of the molecule is CC(C)C(OP(N)O)C(C)C. The van der Waals surface area contributed by atoms with Crippen molar-refractivity contribution in [1.82, 2.24) is 0 Å². The van der Waals surface area contributed by atoms with E-state index in [0.29, 0.717) is 11.8 Å². The third-order valence-corrected chi connectivity index (χ3v) is 2.00. The summed E-state index contributed by atoms with van der Waals surface area (Å²) >= 11 is 0. The van der Waals surface area contributed by atoms with E-state index in [2.05, 4.69) is 27.7 Å². The third-order valence-electron chi connectivity index (χ3n) is 1.54. The van der Waals surface area contributed by atoms with Gasteiger partial charge in [0.2, 0.25) is 8.53 Å². The number of nitrogens with two attached hydrogens (primary N) is 1. The van der Waals surface area contributed by atoms with Crippen molar-refractivity contribution in [2.24, 2.45) is 17.3 Å². The fraction of sp³-hybridized carbons (Fsp3) is 1.00. The minimum atomic E-state index is -1.70. The fourth-order valence-corrected chi connectivity index (χ4v) is 1.87. The molecule has 0 heterocycles. The van der Waals surface area contributed by atoms with E-state index in [9.17, 15) is 0 Å². The van der Waals surface area contributed by atoms with Gasteiger partial charge in [-0.3, -0.25) is 5.50 Å². The average molecular weight is 179 g/mol. The van der Waals surface area contributed by atoms with Crippen molar-refractivity contribution in [1.29, 1.82) is 0 Å². The van der Waals surface area contributed by atoms with Crippen molar-refractivity contribution >= 4 is 8.53 Å². The van der Waals surface area contributed by atoms with E-state index in [1.165, 1.54) is 0 Å². The van der Waals surface area contributed by atoms with Crippen LogP contribution in [0.25, 0.3) is 0 Å². The van der Waals surface area contributed by atoms with Gasteiger partial charge in [0.15, 0.2) is 0 Å². The van der Waals surface area contributed by atoms with Crippen LogP contribution < -0.4 is 5.50 Å². The molecule has 0 aliphatic heterocycles. The highest BCUT2D eigenvalue weighted by Gasteiger charge is 2.20. The van der Waals surface area contributed by atoms with Crippen LogP contribution in [0.1, 0.15) is 27.7 Å². The molecule has 1 atom stereocenters. The zero-order chi connectivity index (χ0) is 9.02. The minimum Gasteiger partial charge on any atom is -0.338 e. The van der Waals surface area contributed by atoms with Crippen LogP contribution in [0.2, 0.25) is 0 Å². The molecule has 3 N–H and O–H groups in total. The Morgan fingerprint density at radius 2 is 1.55 bits per heavy atom. The summed E-state index contributed by atoms with van der Waals surface area (Å²) in [6, 6.07) is 0. The van der Waals surface area contributed by atoms with Gasteiger partial charge in [-0.25, -0.2) is 0 Å². The topological polar surface area (TPSA) is 55.5 Å². The number of rotatable bonds is 4. The summed E-state index contributed by atoms with van der Waals surface area (Å²) in [7, 11) is -1.70. The maximum Gasteiger partial charge on any atom is 0.250 e. The summed E-state index contributed by atoms with van der Waals surface area (Å²) in [5.74, 6) is 0.798. The molecule has 4 heteroatoms. The number of hydrogen-bond acceptors (Lipinski definition) is 3. The van der Waals surface area contributed by atoms with E-state index >= 15 is 0 Å². The van der Waals surface area contributed by atoms with Gasteiger partial charge in [-0.1, -0.05) is 27.7 Å².